The maximum atomic E-state index is 13.8. The highest BCUT2D eigenvalue weighted by Crippen LogP contribution is 2.66. The SMILES string of the molecule is COc1ccc([C@H]2C3=CC[C@@H]4C(=O)N(Cc5cccs5)C(=O)[C@@H]4[C@@H]3C[C@@]3(Cl)C(=O)N(CBr)C(=O)[C@@]23Cl)c(O)c1. The molecule has 2 saturated heterocycles. The molecule has 0 radical (unpaired) electrons. The number of amides is 4. The minimum Gasteiger partial charge on any atom is -0.508 e. The van der Waals surface area contributed by atoms with Gasteiger partial charge in [0.25, 0.3) is 11.8 Å². The first-order valence-corrected chi connectivity index (χ1v) is 15.1. The average Bonchev–Trinajstić information content (AvgIpc) is 3.56. The molecule has 1 aromatic carbocycles. The monoisotopic (exact) mass is 652 g/mol. The van der Waals surface area contributed by atoms with E-state index in [2.05, 4.69) is 15.9 Å². The topological polar surface area (TPSA) is 104 Å². The molecule has 1 aromatic heterocycles. The molecule has 0 unspecified atom stereocenters. The summed E-state index contributed by atoms with van der Waals surface area (Å²) < 4.78 is 5.23. The van der Waals surface area contributed by atoms with Gasteiger partial charge in [0.05, 0.1) is 30.9 Å². The second-order valence-corrected chi connectivity index (χ2v) is 13.0. The summed E-state index contributed by atoms with van der Waals surface area (Å²) in [6.45, 7) is 0.174. The molecule has 8 nitrogen and oxygen atoms in total. The molecule has 2 aliphatic heterocycles. The Morgan fingerprint density at radius 2 is 1.87 bits per heavy atom. The van der Waals surface area contributed by atoms with Gasteiger partial charge in [0, 0.05) is 22.4 Å². The Hall–Kier alpha value is -2.40. The van der Waals surface area contributed by atoms with Gasteiger partial charge in [-0.25, -0.2) is 0 Å². The number of ether oxygens (including phenoxy) is 1. The van der Waals surface area contributed by atoms with Crippen LogP contribution in [0.4, 0.5) is 0 Å². The van der Waals surface area contributed by atoms with Crippen LogP contribution < -0.4 is 4.74 Å². The van der Waals surface area contributed by atoms with Crippen molar-refractivity contribution >= 4 is 74.1 Å². The van der Waals surface area contributed by atoms with Gasteiger partial charge in [-0.2, -0.15) is 0 Å². The summed E-state index contributed by atoms with van der Waals surface area (Å²) in [6, 6.07) is 8.35. The van der Waals surface area contributed by atoms with Crippen LogP contribution in [-0.2, 0) is 25.7 Å². The summed E-state index contributed by atoms with van der Waals surface area (Å²) in [5, 5.41) is 13.0. The van der Waals surface area contributed by atoms with Gasteiger partial charge in [-0.1, -0.05) is 39.7 Å². The lowest BCUT2D eigenvalue weighted by Crippen LogP contribution is -2.60. The Kier molecular flexibility index (Phi) is 6.41. The number of hydrogen-bond donors (Lipinski definition) is 1. The number of alkyl halides is 3. The third-order valence-electron chi connectivity index (χ3n) is 8.55. The van der Waals surface area contributed by atoms with Crippen LogP contribution in [0.15, 0.2) is 47.4 Å². The van der Waals surface area contributed by atoms with Crippen molar-refractivity contribution in [3.8, 4) is 11.5 Å². The number of thiophene rings is 1. The molecule has 1 N–H and O–H groups in total. The lowest BCUT2D eigenvalue weighted by Gasteiger charge is -2.50. The fourth-order valence-corrected chi connectivity index (χ4v) is 8.88. The maximum Gasteiger partial charge on any atom is 0.254 e. The number of imide groups is 2. The Bertz CT molecular complexity index is 1450. The molecule has 4 amide bonds. The summed E-state index contributed by atoms with van der Waals surface area (Å²) in [7, 11) is 1.46. The predicted molar refractivity (Wildman–Crippen MR) is 148 cm³/mol. The predicted octanol–water partition coefficient (Wildman–Crippen LogP) is 4.37. The van der Waals surface area contributed by atoms with Gasteiger partial charge in [-0.3, -0.25) is 29.0 Å². The molecular weight excluding hydrogens is 631 g/mol. The fourth-order valence-electron chi connectivity index (χ4n) is 6.77. The Balaban J connectivity index is 1.50. The zero-order valence-electron chi connectivity index (χ0n) is 20.6. The van der Waals surface area contributed by atoms with Crippen LogP contribution >= 0.6 is 50.5 Å². The number of methoxy groups -OCH3 is 1. The highest BCUT2D eigenvalue weighted by Gasteiger charge is 2.76. The molecule has 12 heteroatoms. The number of hydrogen-bond acceptors (Lipinski definition) is 7. The normalized spacial score (nSPS) is 33.7. The van der Waals surface area contributed by atoms with E-state index in [1.54, 1.807) is 12.1 Å². The molecule has 39 heavy (non-hydrogen) atoms. The zero-order valence-corrected chi connectivity index (χ0v) is 24.5. The van der Waals surface area contributed by atoms with Crippen LogP contribution in [-0.4, -0.2) is 60.8 Å². The van der Waals surface area contributed by atoms with E-state index in [9.17, 15) is 24.3 Å². The fraction of sp³-hybridized carbons (Fsp3) is 0.407. The van der Waals surface area contributed by atoms with Gasteiger partial charge < -0.3 is 9.84 Å². The number of aromatic hydroxyl groups is 1. The number of phenols is 1. The second kappa shape index (κ2) is 9.33. The minimum atomic E-state index is -1.97. The molecule has 6 rings (SSSR count). The number of nitrogens with zero attached hydrogens (tertiary/aromatic N) is 2. The van der Waals surface area contributed by atoms with E-state index in [0.29, 0.717) is 11.3 Å². The Morgan fingerprint density at radius 3 is 2.51 bits per heavy atom. The molecule has 204 valence electrons. The van der Waals surface area contributed by atoms with Gasteiger partial charge in [-0.15, -0.1) is 34.5 Å². The van der Waals surface area contributed by atoms with Crippen LogP contribution in [0, 0.1) is 17.8 Å². The second-order valence-electron chi connectivity index (χ2n) is 10.3. The van der Waals surface area contributed by atoms with Crippen molar-refractivity contribution in [1.82, 2.24) is 9.80 Å². The molecule has 1 saturated carbocycles. The van der Waals surface area contributed by atoms with Gasteiger partial charge in [0.2, 0.25) is 11.8 Å². The van der Waals surface area contributed by atoms with E-state index in [1.807, 2.05) is 23.6 Å². The average molecular weight is 654 g/mol. The van der Waals surface area contributed by atoms with Crippen LogP contribution in [0.2, 0.25) is 0 Å². The molecule has 4 aliphatic rings. The van der Waals surface area contributed by atoms with Crippen LogP contribution in [0.25, 0.3) is 0 Å². The van der Waals surface area contributed by atoms with E-state index in [4.69, 9.17) is 27.9 Å². The molecule has 6 atom stereocenters. The lowest BCUT2D eigenvalue weighted by atomic mass is 9.56. The van der Waals surface area contributed by atoms with E-state index < -0.39 is 45.2 Å². The number of benzene rings is 1. The smallest absolute Gasteiger partial charge is 0.254 e. The van der Waals surface area contributed by atoms with E-state index in [1.165, 1.54) is 29.4 Å². The number of phenolic OH excluding ortho intramolecular Hbond substituents is 1. The van der Waals surface area contributed by atoms with E-state index in [-0.39, 0.29) is 48.0 Å². The third-order valence-corrected chi connectivity index (χ3v) is 11.3. The number of halogens is 3. The summed E-state index contributed by atoms with van der Waals surface area (Å²) in [6.07, 6.45) is 2.01. The van der Waals surface area contributed by atoms with Gasteiger partial charge in [-0.05, 0) is 36.3 Å². The highest BCUT2D eigenvalue weighted by molar-refractivity contribution is 9.09. The number of carbonyl (C=O) groups excluding carboxylic acids is 4. The van der Waals surface area contributed by atoms with Crippen LogP contribution in [0.3, 0.4) is 0 Å². The first kappa shape index (κ1) is 26.8. The summed E-state index contributed by atoms with van der Waals surface area (Å²) in [5.74, 6) is -4.80. The van der Waals surface area contributed by atoms with Crippen molar-refractivity contribution in [3.05, 3.63) is 57.8 Å². The van der Waals surface area contributed by atoms with Gasteiger partial charge in [0.15, 0.2) is 9.75 Å². The third kappa shape index (κ3) is 3.54. The van der Waals surface area contributed by atoms with E-state index in [0.717, 1.165) is 9.78 Å². The summed E-state index contributed by atoms with van der Waals surface area (Å²) in [5.41, 5.74) is 0.797. The molecule has 0 spiro atoms. The number of likely N-dealkylation sites (tertiary alicyclic amines) is 2. The standard InChI is InChI=1S/C27H23BrCl2N2O6S/c1-38-13-4-5-16(19(33)9-13)21-15-6-7-17-20(23(35)31(22(17)34)11-14-3-2-8-39-14)18(15)10-26(29)24(36)32(12-28)25(37)27(21,26)30/h2-6,8-9,17-18,20-21,33H,7,10-12H2,1H3/t17-,18+,20-,21+,26+,27-/m0/s1. The number of carbonyl (C=O) groups is 4. The van der Waals surface area contributed by atoms with Crippen LogP contribution in [0.5, 0.6) is 11.5 Å². The highest BCUT2D eigenvalue weighted by atomic mass is 79.9. The van der Waals surface area contributed by atoms with Crippen molar-refractivity contribution in [3.63, 3.8) is 0 Å². The van der Waals surface area contributed by atoms with Gasteiger partial charge >= 0.3 is 0 Å². The van der Waals surface area contributed by atoms with Crippen molar-refractivity contribution in [2.24, 2.45) is 17.8 Å². The first-order chi connectivity index (χ1) is 18.6. The van der Waals surface area contributed by atoms with E-state index >= 15 is 0 Å². The number of rotatable bonds is 5. The van der Waals surface area contributed by atoms with Crippen LogP contribution in [0.1, 0.15) is 29.2 Å². The minimum absolute atomic E-state index is 0.0988. The maximum absolute atomic E-state index is 13.8. The molecule has 2 aliphatic carbocycles. The number of allylic oxidation sites excluding steroid dienone is 2. The molecule has 0 bridgehead atoms. The first-order valence-electron chi connectivity index (χ1n) is 12.3. The zero-order chi connectivity index (χ0) is 27.9. The molecule has 2 aromatic rings. The summed E-state index contributed by atoms with van der Waals surface area (Å²) in [4.78, 5) is 54.0. The van der Waals surface area contributed by atoms with Gasteiger partial charge in [0.1, 0.15) is 11.5 Å². The summed E-state index contributed by atoms with van der Waals surface area (Å²) >= 11 is 19.0. The van der Waals surface area contributed by atoms with Crippen molar-refractivity contribution in [2.75, 3.05) is 12.6 Å². The quantitative estimate of drug-likeness (QED) is 0.222. The molecular formula is C27H23BrCl2N2O6S. The Morgan fingerprint density at radius 1 is 1.10 bits per heavy atom. The van der Waals surface area contributed by atoms with Crippen molar-refractivity contribution < 1.29 is 29.0 Å². The lowest BCUT2D eigenvalue weighted by molar-refractivity contribution is -0.141. The van der Waals surface area contributed by atoms with Crippen molar-refractivity contribution in [1.29, 1.82) is 0 Å². The van der Waals surface area contributed by atoms with Crippen molar-refractivity contribution in [2.45, 2.75) is 35.1 Å². The largest absolute Gasteiger partial charge is 0.508 e. The Labute approximate surface area is 246 Å². The molecule has 3 fully saturated rings. The molecule has 3 heterocycles. The number of fused-ring (bicyclic) bond motifs is 4.